The van der Waals surface area contributed by atoms with Crippen molar-refractivity contribution in [1.82, 2.24) is 5.43 Å². The lowest BCUT2D eigenvalue weighted by Gasteiger charge is -2.05. The first-order valence-electron chi connectivity index (χ1n) is 6.42. The van der Waals surface area contributed by atoms with Crippen molar-refractivity contribution in [3.05, 3.63) is 66.0 Å². The van der Waals surface area contributed by atoms with Crippen molar-refractivity contribution < 1.29 is 13.9 Å². The van der Waals surface area contributed by atoms with Crippen LogP contribution in [0.4, 0.5) is 9.18 Å². The summed E-state index contributed by atoms with van der Waals surface area (Å²) in [6.45, 7) is 0. The van der Waals surface area contributed by atoms with E-state index in [-0.39, 0.29) is 5.82 Å². The first-order valence-corrected chi connectivity index (χ1v) is 6.42. The number of hydrogen-bond donors (Lipinski definition) is 2. The number of carbonyl (C=O) groups is 1. The van der Waals surface area contributed by atoms with E-state index >= 15 is 0 Å². The highest BCUT2D eigenvalue weighted by molar-refractivity contribution is 5.80. The maximum atomic E-state index is 12.8. The van der Waals surface area contributed by atoms with Gasteiger partial charge in [0.25, 0.3) is 0 Å². The number of urea groups is 1. The van der Waals surface area contributed by atoms with Crippen molar-refractivity contribution >= 4 is 18.3 Å². The van der Waals surface area contributed by atoms with Gasteiger partial charge in [-0.2, -0.15) is 5.10 Å². The molecule has 0 aliphatic heterocycles. The van der Waals surface area contributed by atoms with Gasteiger partial charge in [-0.1, -0.05) is 18.2 Å². The minimum atomic E-state index is -0.716. The highest BCUT2D eigenvalue weighted by atomic mass is 19.1. The van der Waals surface area contributed by atoms with Crippen molar-refractivity contribution in [3.63, 3.8) is 0 Å². The first kappa shape index (κ1) is 15.2. The lowest BCUT2D eigenvalue weighted by molar-refractivity contribution is 0.249. The molecule has 112 valence electrons. The minimum Gasteiger partial charge on any atom is -0.457 e. The number of nitrogens with two attached hydrogens (primary N) is 1. The number of carbonyl (C=O) groups excluding carboxylic acids is 1. The third kappa shape index (κ3) is 5.09. The Morgan fingerprint density at radius 3 is 2.27 bits per heavy atom. The van der Waals surface area contributed by atoms with Crippen LogP contribution in [-0.2, 0) is 0 Å². The molecule has 2 rings (SSSR count). The Balaban J connectivity index is 1.92. The van der Waals surface area contributed by atoms with E-state index in [0.29, 0.717) is 11.5 Å². The van der Waals surface area contributed by atoms with Gasteiger partial charge in [0.05, 0.1) is 0 Å². The monoisotopic (exact) mass is 299 g/mol. The number of nitrogens with one attached hydrogen (secondary N) is 1. The molecule has 2 aromatic rings. The number of hydrazone groups is 1. The van der Waals surface area contributed by atoms with Crippen LogP contribution in [0.2, 0.25) is 0 Å². The van der Waals surface area contributed by atoms with Gasteiger partial charge in [-0.05, 0) is 48.0 Å². The fourth-order valence-electron chi connectivity index (χ4n) is 1.58. The molecular formula is C16H14FN3O2. The van der Waals surface area contributed by atoms with E-state index < -0.39 is 6.03 Å². The molecule has 6 heteroatoms. The molecule has 2 amide bonds. The van der Waals surface area contributed by atoms with Gasteiger partial charge in [0.15, 0.2) is 0 Å². The maximum absolute atomic E-state index is 12.8. The molecule has 0 saturated carbocycles. The number of benzene rings is 2. The first-order chi connectivity index (χ1) is 10.6. The molecule has 0 aliphatic carbocycles. The summed E-state index contributed by atoms with van der Waals surface area (Å²) >= 11 is 0. The Bertz CT molecular complexity index is 680. The lowest BCUT2D eigenvalue weighted by Crippen LogP contribution is -2.24. The van der Waals surface area contributed by atoms with Crippen LogP contribution >= 0.6 is 0 Å². The molecule has 3 N–H and O–H groups in total. The average Bonchev–Trinajstić information content (AvgIpc) is 2.50. The fraction of sp³-hybridized carbons (Fsp3) is 0. The number of amides is 2. The van der Waals surface area contributed by atoms with E-state index in [9.17, 15) is 9.18 Å². The second kappa shape index (κ2) is 7.58. The summed E-state index contributed by atoms with van der Waals surface area (Å²) in [6.07, 6.45) is 4.87. The SMILES string of the molecule is NC(=O)N/N=C/C=C/c1ccc(Oc2ccc(F)cc2)cc1. The Morgan fingerprint density at radius 2 is 1.68 bits per heavy atom. The number of halogens is 1. The zero-order chi connectivity index (χ0) is 15.8. The minimum absolute atomic E-state index is 0.305. The third-order valence-electron chi connectivity index (χ3n) is 2.55. The molecule has 0 bridgehead atoms. The number of primary amides is 1. The molecule has 0 aromatic heterocycles. The van der Waals surface area contributed by atoms with Crippen molar-refractivity contribution in [2.24, 2.45) is 10.8 Å². The summed E-state index contributed by atoms with van der Waals surface area (Å²) < 4.78 is 18.4. The zero-order valence-corrected chi connectivity index (χ0v) is 11.6. The lowest BCUT2D eigenvalue weighted by atomic mass is 10.2. The van der Waals surface area contributed by atoms with Crippen LogP contribution in [0.25, 0.3) is 6.08 Å². The smallest absolute Gasteiger partial charge is 0.332 e. The second-order valence-electron chi connectivity index (χ2n) is 4.24. The highest BCUT2D eigenvalue weighted by Crippen LogP contribution is 2.22. The van der Waals surface area contributed by atoms with Crippen molar-refractivity contribution in [2.45, 2.75) is 0 Å². The highest BCUT2D eigenvalue weighted by Gasteiger charge is 1.97. The normalized spacial score (nSPS) is 11.0. The van der Waals surface area contributed by atoms with Gasteiger partial charge in [-0.3, -0.25) is 0 Å². The molecular weight excluding hydrogens is 285 g/mol. The van der Waals surface area contributed by atoms with E-state index in [1.807, 2.05) is 12.1 Å². The van der Waals surface area contributed by atoms with Crippen LogP contribution in [0.1, 0.15) is 5.56 Å². The van der Waals surface area contributed by atoms with Gasteiger partial charge < -0.3 is 10.5 Å². The Kier molecular flexibility index (Phi) is 5.25. The van der Waals surface area contributed by atoms with Crippen LogP contribution in [0, 0.1) is 5.82 Å². The summed E-state index contributed by atoms with van der Waals surface area (Å²) in [6, 6.07) is 12.4. The molecule has 22 heavy (non-hydrogen) atoms. The van der Waals surface area contributed by atoms with Gasteiger partial charge >= 0.3 is 6.03 Å². The standard InChI is InChI=1S/C16H14FN3O2/c17-13-5-9-15(10-6-13)22-14-7-3-12(4-8-14)2-1-11-19-20-16(18)21/h1-11H,(H3,18,20,21)/b2-1+,19-11+. The number of rotatable bonds is 5. The molecule has 0 heterocycles. The molecule has 0 radical (unpaired) electrons. The number of nitrogens with zero attached hydrogens (tertiary/aromatic N) is 1. The number of ether oxygens (including phenoxy) is 1. The van der Waals surface area contributed by atoms with Crippen LogP contribution < -0.4 is 15.9 Å². The number of allylic oxidation sites excluding steroid dienone is 1. The molecule has 0 aliphatic rings. The van der Waals surface area contributed by atoms with Gasteiger partial charge in [0, 0.05) is 6.21 Å². The van der Waals surface area contributed by atoms with Crippen molar-refractivity contribution in [1.29, 1.82) is 0 Å². The summed E-state index contributed by atoms with van der Waals surface area (Å²) in [5.74, 6) is 0.905. The van der Waals surface area contributed by atoms with E-state index in [1.165, 1.54) is 18.3 Å². The summed E-state index contributed by atoms with van der Waals surface area (Å²) in [7, 11) is 0. The molecule has 0 fully saturated rings. The van der Waals surface area contributed by atoms with E-state index in [2.05, 4.69) is 10.5 Å². The summed E-state index contributed by atoms with van der Waals surface area (Å²) in [5.41, 5.74) is 7.86. The average molecular weight is 299 g/mol. The van der Waals surface area contributed by atoms with Crippen LogP contribution in [0.15, 0.2) is 59.7 Å². The van der Waals surface area contributed by atoms with E-state index in [0.717, 1.165) is 5.56 Å². The summed E-state index contributed by atoms with van der Waals surface area (Å²) in [4.78, 5) is 10.4. The maximum Gasteiger partial charge on any atom is 0.332 e. The van der Waals surface area contributed by atoms with Crippen LogP contribution in [0.3, 0.4) is 0 Å². The predicted molar refractivity (Wildman–Crippen MR) is 83.2 cm³/mol. The fourth-order valence-corrected chi connectivity index (χ4v) is 1.58. The van der Waals surface area contributed by atoms with Gasteiger partial charge in [0.2, 0.25) is 0 Å². The third-order valence-corrected chi connectivity index (χ3v) is 2.55. The summed E-state index contributed by atoms with van der Waals surface area (Å²) in [5, 5.41) is 3.57. The molecule has 2 aromatic carbocycles. The quantitative estimate of drug-likeness (QED) is 0.656. The van der Waals surface area contributed by atoms with E-state index in [1.54, 1.807) is 36.4 Å². The predicted octanol–water partition coefficient (Wildman–Crippen LogP) is 3.29. The van der Waals surface area contributed by atoms with Crippen LogP contribution in [0.5, 0.6) is 11.5 Å². The Hall–Kier alpha value is -3.15. The zero-order valence-electron chi connectivity index (χ0n) is 11.6. The van der Waals surface area contributed by atoms with E-state index in [4.69, 9.17) is 10.5 Å². The molecule has 0 unspecified atom stereocenters. The molecule has 5 nitrogen and oxygen atoms in total. The molecule has 0 atom stereocenters. The van der Waals surface area contributed by atoms with Gasteiger partial charge in [-0.25, -0.2) is 14.6 Å². The topological polar surface area (TPSA) is 76.7 Å². The van der Waals surface area contributed by atoms with Crippen molar-refractivity contribution in [2.75, 3.05) is 0 Å². The Labute approximate surface area is 126 Å². The van der Waals surface area contributed by atoms with Gasteiger partial charge in [0.1, 0.15) is 17.3 Å². The molecule has 0 saturated heterocycles. The molecule has 0 spiro atoms. The van der Waals surface area contributed by atoms with Crippen molar-refractivity contribution in [3.8, 4) is 11.5 Å². The Morgan fingerprint density at radius 1 is 1.09 bits per heavy atom. The number of hydrogen-bond acceptors (Lipinski definition) is 3. The van der Waals surface area contributed by atoms with Gasteiger partial charge in [-0.15, -0.1) is 0 Å². The largest absolute Gasteiger partial charge is 0.457 e. The van der Waals surface area contributed by atoms with Crippen LogP contribution in [-0.4, -0.2) is 12.2 Å². The second-order valence-corrected chi connectivity index (χ2v) is 4.24.